The number of aromatic nitrogens is 20. The van der Waals surface area contributed by atoms with Crippen molar-refractivity contribution < 1.29 is 28.3 Å². The molecule has 0 atom stereocenters. The van der Waals surface area contributed by atoms with E-state index in [4.69, 9.17) is 4.74 Å². The van der Waals surface area contributed by atoms with Crippen LogP contribution in [0.25, 0.3) is 46.1 Å². The number of hydrogen-bond donors (Lipinski definition) is 6. The van der Waals surface area contributed by atoms with Gasteiger partial charge in [-0.2, -0.15) is 44.3 Å². The van der Waals surface area contributed by atoms with Crippen molar-refractivity contribution in [1.82, 2.24) is 109 Å². The van der Waals surface area contributed by atoms with Gasteiger partial charge in [0, 0.05) is 83.3 Å². The second-order valence-corrected chi connectivity index (χ2v) is 25.8. The Hall–Kier alpha value is -13.7. The van der Waals surface area contributed by atoms with Gasteiger partial charge < -0.3 is 25.2 Å². The molecule has 113 heavy (non-hydrogen) atoms. The van der Waals surface area contributed by atoms with Gasteiger partial charge in [0.2, 0.25) is 29.7 Å². The van der Waals surface area contributed by atoms with Crippen LogP contribution in [-0.2, 0) is 4.74 Å². The summed E-state index contributed by atoms with van der Waals surface area (Å²) in [5.74, 6) is 3.91. The highest BCUT2D eigenvalue weighted by molar-refractivity contribution is 6.06. The molecule has 0 spiro atoms. The molecule has 14 heterocycles. The molecule has 2 aliphatic rings. The number of nitrogens with one attached hydrogen (secondary N) is 6. The summed E-state index contributed by atoms with van der Waals surface area (Å²) in [5.41, 5.74) is 5.54. The number of hydrogen-bond acceptors (Lipinski definition) is 30. The molecule has 0 radical (unpaired) electrons. The molecule has 0 aromatic carbocycles. The Morgan fingerprint density at radius 3 is 1.12 bits per heavy atom. The third-order valence-corrected chi connectivity index (χ3v) is 16.8. The third-order valence-electron chi connectivity index (χ3n) is 16.8. The normalized spacial score (nSPS) is 12.5. The van der Waals surface area contributed by atoms with Crippen LogP contribution in [0, 0.1) is 54.4 Å². The molecule has 35 heteroatoms. The summed E-state index contributed by atoms with van der Waals surface area (Å²) >= 11 is 0. The first-order valence-electron chi connectivity index (χ1n) is 36.3. The summed E-state index contributed by atoms with van der Waals surface area (Å²) in [4.78, 5) is 142. The van der Waals surface area contributed by atoms with E-state index in [0.717, 1.165) is 83.0 Å². The molecular formula is C78H84FN29O5. The smallest absolute Gasteiger partial charge is 0.262 e. The number of morpholine rings is 1. The molecule has 12 aromatic heterocycles. The second-order valence-electron chi connectivity index (χ2n) is 25.8. The number of likely N-dealkylation sites (N-methyl/N-ethyl adjacent to an activating group) is 1. The van der Waals surface area contributed by atoms with Gasteiger partial charge in [-0.05, 0) is 179 Å². The number of halogens is 1. The van der Waals surface area contributed by atoms with Crippen molar-refractivity contribution >= 4 is 64.9 Å². The second kappa shape index (κ2) is 39.6. The van der Waals surface area contributed by atoms with Crippen LogP contribution in [0.3, 0.4) is 0 Å². The van der Waals surface area contributed by atoms with Gasteiger partial charge in [0.25, 0.3) is 23.6 Å². The number of aryl methyl sites for hydroxylation is 7. The molecule has 6 N–H and O–H groups in total. The summed E-state index contributed by atoms with van der Waals surface area (Å²) in [7, 11) is 4.02. The van der Waals surface area contributed by atoms with E-state index >= 15 is 0 Å². The Kier molecular flexibility index (Phi) is 28.2. The minimum Gasteiger partial charge on any atom is -0.379 e. The Morgan fingerprint density at radius 2 is 0.761 bits per heavy atom. The van der Waals surface area contributed by atoms with Crippen molar-refractivity contribution in [3.8, 4) is 46.1 Å². The van der Waals surface area contributed by atoms with Crippen molar-refractivity contribution in [2.24, 2.45) is 0 Å². The van der Waals surface area contributed by atoms with Crippen LogP contribution in [-0.4, -0.2) is 213 Å². The fourth-order valence-electron chi connectivity index (χ4n) is 11.3. The topological polar surface area (TPSA) is 417 Å². The maximum absolute atomic E-state index is 13.5. The zero-order valence-electron chi connectivity index (χ0n) is 63.8. The maximum Gasteiger partial charge on any atom is 0.262 e. The highest BCUT2D eigenvalue weighted by Gasteiger charge is 2.22. The van der Waals surface area contributed by atoms with E-state index in [0.29, 0.717) is 103 Å². The number of amides is 4. The van der Waals surface area contributed by atoms with Crippen LogP contribution in [0.15, 0.2) is 152 Å². The number of nitrogens with zero attached hydrogens (tertiary/aromatic N) is 23. The van der Waals surface area contributed by atoms with Crippen molar-refractivity contribution in [2.45, 2.75) is 67.7 Å². The Morgan fingerprint density at radius 1 is 0.389 bits per heavy atom. The summed E-state index contributed by atoms with van der Waals surface area (Å²) < 4.78 is 18.9. The molecule has 12 aromatic rings. The largest absolute Gasteiger partial charge is 0.379 e. The van der Waals surface area contributed by atoms with Gasteiger partial charge in [0.1, 0.15) is 63.5 Å². The standard InChI is InChI=1S/C22H26N8O2.C21H23N7O.C20H24N8O.C15H11FN6O/c1-15-17(6-7-19(25-15)24-9-10-30-11-13-32-14-12-30)21(31)29-22-27-16(2)26-20(28-22)18-5-3-4-8-23-18;1-14-16(9-10-18(23-14)28-12-6-3-7-13-28)20(29)27-21-25-15(2)24-19(26-21)17-8-4-5-11-22-17;1-13-15(8-9-17(23-13)22-11-12-28(3)4)19(29)27-20-25-14(2)24-18(26-20)16-7-5-6-10-21-16;1-9-19-13(11-6-2-3-7-17-11)21-15(20-9)22-14(23)10-5-4-8-18-12(10)16/h3-8H,9-14H2,1-2H3,(H,24,25)(H,26,27,28,29,31);4-5,8-11H,3,6-7,12-13H2,1-2H3,(H,24,25,26,27,29);5-10H,11-12H2,1-4H3,(H,22,23)(H,24,25,26,27,29);2-8H,1H3,(H,19,20,21,22,23). The van der Waals surface area contributed by atoms with Gasteiger partial charge in [-0.15, -0.1) is 0 Å². The lowest BCUT2D eigenvalue weighted by molar-refractivity contribution is 0.0398. The zero-order chi connectivity index (χ0) is 79.6. The van der Waals surface area contributed by atoms with E-state index in [1.165, 1.54) is 37.6 Å². The van der Waals surface area contributed by atoms with Crippen LogP contribution in [0.5, 0.6) is 0 Å². The summed E-state index contributed by atoms with van der Waals surface area (Å²) in [6.45, 7) is 21.2. The molecule has 0 bridgehead atoms. The summed E-state index contributed by atoms with van der Waals surface area (Å²) in [6.07, 6.45) is 11.5. The predicted molar refractivity (Wildman–Crippen MR) is 423 cm³/mol. The molecule has 578 valence electrons. The van der Waals surface area contributed by atoms with Crippen molar-refractivity contribution in [3.05, 3.63) is 221 Å². The minimum absolute atomic E-state index is 0.0198. The van der Waals surface area contributed by atoms with E-state index in [-0.39, 0.29) is 47.1 Å². The first kappa shape index (κ1) is 80.3. The van der Waals surface area contributed by atoms with Crippen LogP contribution in [0.1, 0.15) is 101 Å². The lowest BCUT2D eigenvalue weighted by Crippen LogP contribution is -2.39. The van der Waals surface area contributed by atoms with Crippen LogP contribution >= 0.6 is 0 Å². The highest BCUT2D eigenvalue weighted by Crippen LogP contribution is 2.24. The third kappa shape index (κ3) is 23.7. The maximum atomic E-state index is 13.5. The molecule has 14 rings (SSSR count). The van der Waals surface area contributed by atoms with Crippen LogP contribution in [0.4, 0.5) is 45.6 Å². The van der Waals surface area contributed by atoms with Gasteiger partial charge in [0.05, 0.1) is 52.5 Å². The number of pyridine rings is 8. The van der Waals surface area contributed by atoms with E-state index < -0.39 is 11.9 Å². The lowest BCUT2D eigenvalue weighted by atomic mass is 10.1. The summed E-state index contributed by atoms with van der Waals surface area (Å²) in [5, 5.41) is 17.2. The molecule has 2 fully saturated rings. The summed E-state index contributed by atoms with van der Waals surface area (Å²) in [6, 6.07) is 35.3. The molecule has 2 saturated heterocycles. The number of piperidine rings is 1. The molecule has 2 aliphatic heterocycles. The average Bonchev–Trinajstić information content (AvgIpc) is 0.823. The quantitative estimate of drug-likeness (QED) is 0.0365. The predicted octanol–water partition coefficient (Wildman–Crippen LogP) is 9.33. The van der Waals surface area contributed by atoms with Gasteiger partial charge >= 0.3 is 0 Å². The van der Waals surface area contributed by atoms with Crippen LogP contribution < -0.4 is 36.8 Å². The number of carbonyl (C=O) groups is 4. The number of rotatable bonds is 21. The van der Waals surface area contributed by atoms with E-state index in [2.05, 4.69) is 146 Å². The zero-order valence-corrected chi connectivity index (χ0v) is 63.8. The molecule has 4 amide bonds. The Bertz CT molecular complexity index is 5230. The lowest BCUT2D eigenvalue weighted by Gasteiger charge is -2.28. The van der Waals surface area contributed by atoms with Crippen molar-refractivity contribution in [1.29, 1.82) is 0 Å². The average molecular weight is 1530 g/mol. The molecule has 0 saturated carbocycles. The molecule has 0 unspecified atom stereocenters. The molecular weight excluding hydrogens is 1440 g/mol. The SMILES string of the molecule is Cc1nc(NC(=O)c2ccc(N3CCCCC3)nc2C)nc(-c2ccccn2)n1.Cc1nc(NC(=O)c2ccc(NCCN(C)C)nc2C)nc(-c2ccccn2)n1.Cc1nc(NC(=O)c2ccc(NCCN3CCOCC3)nc2C)nc(-c2ccccn2)n1.Cc1nc(NC(=O)c2cccnc2F)nc(-c2ccccn2)n1. The molecule has 34 nitrogen and oxygen atoms in total. The van der Waals surface area contributed by atoms with E-state index in [1.807, 2.05) is 75.6 Å². The number of carbonyl (C=O) groups excluding carboxylic acids is 4. The van der Waals surface area contributed by atoms with Crippen molar-refractivity contribution in [2.75, 3.05) is 116 Å². The van der Waals surface area contributed by atoms with Gasteiger partial charge in [-0.1, -0.05) is 24.3 Å². The first-order valence-corrected chi connectivity index (χ1v) is 36.3. The van der Waals surface area contributed by atoms with Crippen LogP contribution in [0.2, 0.25) is 0 Å². The minimum atomic E-state index is -0.860. The van der Waals surface area contributed by atoms with Gasteiger partial charge in [0.15, 0.2) is 23.3 Å². The van der Waals surface area contributed by atoms with Crippen molar-refractivity contribution in [3.63, 3.8) is 0 Å². The monoisotopic (exact) mass is 1530 g/mol. The highest BCUT2D eigenvalue weighted by atomic mass is 19.1. The van der Waals surface area contributed by atoms with Gasteiger partial charge in [-0.25, -0.2) is 39.9 Å². The Labute approximate surface area is 650 Å². The fourth-order valence-corrected chi connectivity index (χ4v) is 11.3. The number of anilines is 7. The number of ether oxygens (including phenoxy) is 1. The van der Waals surface area contributed by atoms with E-state index in [1.54, 1.807) is 121 Å². The fraction of sp³-hybridized carbons (Fsp3) is 0.282. The van der Waals surface area contributed by atoms with E-state index in [9.17, 15) is 23.6 Å². The van der Waals surface area contributed by atoms with Gasteiger partial charge in [-0.3, -0.25) is 65.3 Å². The molecule has 0 aliphatic carbocycles. The Balaban J connectivity index is 0.000000150. The first-order chi connectivity index (χ1) is 54.7.